The van der Waals surface area contributed by atoms with E-state index in [0.717, 1.165) is 51.6 Å². The van der Waals surface area contributed by atoms with Crippen molar-refractivity contribution >= 4 is 33.7 Å². The SMILES string of the molecule is O=CC1CCN(N2CCCC(C(=O)N3CCOCC3)C2c2c3ccccc3cc3ccccc23)CC1. The highest BCUT2D eigenvalue weighted by Crippen LogP contribution is 2.44. The number of nitrogens with zero attached hydrogens (tertiary/aromatic N) is 3. The molecule has 0 spiro atoms. The van der Waals surface area contributed by atoms with Crippen LogP contribution in [0.15, 0.2) is 54.6 Å². The smallest absolute Gasteiger partial charge is 0.227 e. The second-order valence-electron chi connectivity index (χ2n) is 10.5. The minimum Gasteiger partial charge on any atom is -0.378 e. The molecule has 6 rings (SSSR count). The summed E-state index contributed by atoms with van der Waals surface area (Å²) in [5, 5.41) is 9.84. The molecule has 3 fully saturated rings. The summed E-state index contributed by atoms with van der Waals surface area (Å²) in [6.07, 6.45) is 4.76. The van der Waals surface area contributed by atoms with Crippen LogP contribution in [0, 0.1) is 11.8 Å². The van der Waals surface area contributed by atoms with E-state index in [1.54, 1.807) is 0 Å². The molecular weight excluding hydrogens is 450 g/mol. The van der Waals surface area contributed by atoms with Gasteiger partial charge in [-0.05, 0) is 58.9 Å². The lowest BCUT2D eigenvalue weighted by Gasteiger charge is -2.49. The minimum atomic E-state index is -0.116. The maximum Gasteiger partial charge on any atom is 0.227 e. The quantitative estimate of drug-likeness (QED) is 0.404. The van der Waals surface area contributed by atoms with Gasteiger partial charge in [-0.15, -0.1) is 0 Å². The third-order valence-corrected chi connectivity index (χ3v) is 8.42. The zero-order valence-corrected chi connectivity index (χ0v) is 20.9. The topological polar surface area (TPSA) is 53.1 Å². The number of carbonyl (C=O) groups is 2. The van der Waals surface area contributed by atoms with Gasteiger partial charge in [-0.1, -0.05) is 48.5 Å². The lowest BCUT2D eigenvalue weighted by atomic mass is 9.80. The van der Waals surface area contributed by atoms with E-state index >= 15 is 0 Å². The number of rotatable bonds is 4. The fourth-order valence-corrected chi connectivity index (χ4v) is 6.57. The van der Waals surface area contributed by atoms with Gasteiger partial charge in [0.1, 0.15) is 6.29 Å². The Morgan fingerprint density at radius 2 is 1.47 bits per heavy atom. The second kappa shape index (κ2) is 10.3. The van der Waals surface area contributed by atoms with Gasteiger partial charge in [0, 0.05) is 38.6 Å². The Morgan fingerprint density at radius 1 is 0.833 bits per heavy atom. The molecule has 3 aromatic carbocycles. The van der Waals surface area contributed by atoms with Crippen LogP contribution in [0.4, 0.5) is 0 Å². The third-order valence-electron chi connectivity index (χ3n) is 8.42. The van der Waals surface area contributed by atoms with Crippen molar-refractivity contribution in [2.24, 2.45) is 11.8 Å². The molecule has 0 aromatic heterocycles. The average molecular weight is 486 g/mol. The molecule has 3 aliphatic rings. The molecule has 6 heteroatoms. The fourth-order valence-electron chi connectivity index (χ4n) is 6.57. The van der Waals surface area contributed by atoms with E-state index in [9.17, 15) is 9.59 Å². The Bertz CT molecular complexity index is 1190. The summed E-state index contributed by atoms with van der Waals surface area (Å²) in [4.78, 5) is 27.6. The summed E-state index contributed by atoms with van der Waals surface area (Å²) < 4.78 is 5.56. The molecule has 188 valence electrons. The predicted molar refractivity (Wildman–Crippen MR) is 141 cm³/mol. The number of fused-ring (bicyclic) bond motifs is 2. The zero-order valence-electron chi connectivity index (χ0n) is 20.9. The van der Waals surface area contributed by atoms with Gasteiger partial charge in [-0.25, -0.2) is 10.0 Å². The van der Waals surface area contributed by atoms with Crippen molar-refractivity contribution in [3.8, 4) is 0 Å². The molecule has 36 heavy (non-hydrogen) atoms. The molecule has 0 aliphatic carbocycles. The van der Waals surface area contributed by atoms with Gasteiger partial charge < -0.3 is 14.4 Å². The van der Waals surface area contributed by atoms with Crippen LogP contribution in [-0.2, 0) is 14.3 Å². The van der Waals surface area contributed by atoms with E-state index in [1.807, 2.05) is 4.90 Å². The highest BCUT2D eigenvalue weighted by atomic mass is 16.5. The van der Waals surface area contributed by atoms with Gasteiger partial charge in [0.05, 0.1) is 25.2 Å². The van der Waals surface area contributed by atoms with Crippen LogP contribution in [0.3, 0.4) is 0 Å². The normalized spacial score (nSPS) is 24.8. The number of piperidine rings is 2. The first-order chi connectivity index (χ1) is 17.7. The summed E-state index contributed by atoms with van der Waals surface area (Å²) in [6.45, 7) is 5.22. The standard InChI is InChI=1S/C30H35N3O3/c34-21-22-11-14-32(15-12-22)33-13-5-10-27(30(35)31-16-18-36-19-17-31)29(33)28-25-8-3-1-6-23(25)20-24-7-2-4-9-26(24)28/h1-4,6-9,20-22,27,29H,5,10-19H2. The Kier molecular flexibility index (Phi) is 6.74. The van der Waals surface area contributed by atoms with E-state index in [4.69, 9.17) is 4.74 Å². The number of aldehydes is 1. The first kappa shape index (κ1) is 23.6. The van der Waals surface area contributed by atoms with Crippen molar-refractivity contribution in [3.05, 3.63) is 60.2 Å². The third kappa shape index (κ3) is 4.32. The molecule has 3 aromatic rings. The van der Waals surface area contributed by atoms with Crippen LogP contribution in [0.5, 0.6) is 0 Å². The Balaban J connectivity index is 1.50. The van der Waals surface area contributed by atoms with Crippen LogP contribution in [-0.4, -0.2) is 73.0 Å². The molecule has 3 aliphatic heterocycles. The number of hydrogen-bond donors (Lipinski definition) is 0. The molecule has 6 nitrogen and oxygen atoms in total. The number of morpholine rings is 1. The largest absolute Gasteiger partial charge is 0.378 e. The van der Waals surface area contributed by atoms with Gasteiger partial charge in [0.15, 0.2) is 0 Å². The zero-order chi connectivity index (χ0) is 24.5. The number of benzene rings is 3. The molecule has 0 radical (unpaired) electrons. The highest BCUT2D eigenvalue weighted by Gasteiger charge is 2.43. The lowest BCUT2D eigenvalue weighted by Crippen LogP contribution is -2.56. The minimum absolute atomic E-state index is 0.0436. The van der Waals surface area contributed by atoms with E-state index in [1.165, 1.54) is 27.1 Å². The number of hydrogen-bond acceptors (Lipinski definition) is 5. The summed E-state index contributed by atoms with van der Waals surface area (Å²) in [5.74, 6) is 0.288. The van der Waals surface area contributed by atoms with E-state index in [0.29, 0.717) is 26.3 Å². The summed E-state index contributed by atoms with van der Waals surface area (Å²) >= 11 is 0. The van der Waals surface area contributed by atoms with Crippen LogP contribution in [0.1, 0.15) is 37.3 Å². The van der Waals surface area contributed by atoms with Crippen LogP contribution in [0.2, 0.25) is 0 Å². The Hall–Kier alpha value is -2.80. The molecule has 3 heterocycles. The van der Waals surface area contributed by atoms with Crippen molar-refractivity contribution in [2.45, 2.75) is 31.7 Å². The molecule has 0 bridgehead atoms. The maximum absolute atomic E-state index is 14.1. The summed E-state index contributed by atoms with van der Waals surface area (Å²) in [5.41, 5.74) is 1.27. The van der Waals surface area contributed by atoms with Crippen LogP contribution in [0.25, 0.3) is 21.5 Å². The van der Waals surface area contributed by atoms with Crippen molar-refractivity contribution in [2.75, 3.05) is 45.9 Å². The average Bonchev–Trinajstić information content (AvgIpc) is 2.95. The summed E-state index contributed by atoms with van der Waals surface area (Å²) in [6, 6.07) is 19.5. The molecule has 2 atom stereocenters. The van der Waals surface area contributed by atoms with Crippen molar-refractivity contribution in [1.82, 2.24) is 14.9 Å². The monoisotopic (exact) mass is 485 g/mol. The van der Waals surface area contributed by atoms with Gasteiger partial charge in [-0.3, -0.25) is 4.79 Å². The fraction of sp³-hybridized carbons (Fsp3) is 0.467. The maximum atomic E-state index is 14.1. The van der Waals surface area contributed by atoms with Gasteiger partial charge in [0.25, 0.3) is 0 Å². The van der Waals surface area contributed by atoms with Crippen molar-refractivity contribution in [3.63, 3.8) is 0 Å². The number of carbonyl (C=O) groups excluding carboxylic acids is 2. The number of ether oxygens (including phenoxy) is 1. The van der Waals surface area contributed by atoms with Crippen LogP contribution < -0.4 is 0 Å². The van der Waals surface area contributed by atoms with E-state index in [2.05, 4.69) is 64.6 Å². The summed E-state index contributed by atoms with van der Waals surface area (Å²) in [7, 11) is 0. The second-order valence-corrected chi connectivity index (χ2v) is 10.5. The molecule has 2 unspecified atom stereocenters. The van der Waals surface area contributed by atoms with Crippen molar-refractivity contribution < 1.29 is 14.3 Å². The van der Waals surface area contributed by atoms with Gasteiger partial charge in [-0.2, -0.15) is 0 Å². The first-order valence-electron chi connectivity index (χ1n) is 13.5. The number of amides is 1. The molecule has 0 saturated carbocycles. The van der Waals surface area contributed by atoms with Gasteiger partial charge in [0.2, 0.25) is 5.91 Å². The van der Waals surface area contributed by atoms with E-state index in [-0.39, 0.29) is 23.8 Å². The molecular formula is C30H35N3O3. The highest BCUT2D eigenvalue weighted by molar-refractivity contribution is 6.03. The molecule has 3 saturated heterocycles. The van der Waals surface area contributed by atoms with Crippen LogP contribution >= 0.6 is 0 Å². The Labute approximate surface area is 212 Å². The first-order valence-corrected chi connectivity index (χ1v) is 13.5. The van der Waals surface area contributed by atoms with E-state index < -0.39 is 0 Å². The lowest BCUT2D eigenvalue weighted by molar-refractivity contribution is -0.156. The predicted octanol–water partition coefficient (Wildman–Crippen LogP) is 4.43. The van der Waals surface area contributed by atoms with Crippen molar-refractivity contribution in [1.29, 1.82) is 0 Å². The number of hydrazine groups is 1. The van der Waals surface area contributed by atoms with Gasteiger partial charge >= 0.3 is 0 Å². The molecule has 0 N–H and O–H groups in total. The Morgan fingerprint density at radius 3 is 2.11 bits per heavy atom. The molecule has 1 amide bonds.